The average molecular weight is 312 g/mol. The van der Waals surface area contributed by atoms with Crippen molar-refractivity contribution in [3.63, 3.8) is 0 Å². The maximum Gasteiger partial charge on any atom is 0.240 e. The van der Waals surface area contributed by atoms with Crippen molar-refractivity contribution < 1.29 is 13.2 Å². The molecule has 0 radical (unpaired) electrons. The largest absolute Gasteiger partial charge is 0.381 e. The Morgan fingerprint density at radius 2 is 2.19 bits per heavy atom. The summed E-state index contributed by atoms with van der Waals surface area (Å²) in [4.78, 5) is 0.373. The lowest BCUT2D eigenvalue weighted by atomic mass is 10.1. The van der Waals surface area contributed by atoms with Crippen LogP contribution in [0.15, 0.2) is 23.1 Å². The number of nitrogens with one attached hydrogen (secondary N) is 2. The molecular formula is C15H24N2O3S. The van der Waals surface area contributed by atoms with Crippen LogP contribution in [0.2, 0.25) is 0 Å². The van der Waals surface area contributed by atoms with Crippen LogP contribution < -0.4 is 10.0 Å². The highest BCUT2D eigenvalue weighted by atomic mass is 32.2. The first-order valence-corrected chi connectivity index (χ1v) is 8.83. The van der Waals surface area contributed by atoms with Gasteiger partial charge in [0.25, 0.3) is 0 Å². The summed E-state index contributed by atoms with van der Waals surface area (Å²) in [6.07, 6.45) is 1.85. The quantitative estimate of drug-likeness (QED) is 0.799. The van der Waals surface area contributed by atoms with E-state index in [0.717, 1.165) is 37.2 Å². The van der Waals surface area contributed by atoms with Gasteiger partial charge in [-0.1, -0.05) is 12.1 Å². The standard InChI is InChI=1S/C15H24N2O3S/c1-12-14(10-16-2)4-3-5-15(12)21(18,19)17-8-6-13-7-9-20-11-13/h3-5,13,16-17H,6-11H2,1-2H3. The molecule has 1 aromatic carbocycles. The molecule has 0 aromatic heterocycles. The van der Waals surface area contributed by atoms with Crippen molar-refractivity contribution in [2.45, 2.75) is 31.2 Å². The zero-order valence-electron chi connectivity index (χ0n) is 12.7. The van der Waals surface area contributed by atoms with Gasteiger partial charge in [0.1, 0.15) is 0 Å². The lowest BCUT2D eigenvalue weighted by Crippen LogP contribution is -2.27. The molecule has 21 heavy (non-hydrogen) atoms. The van der Waals surface area contributed by atoms with Crippen molar-refractivity contribution in [2.24, 2.45) is 5.92 Å². The van der Waals surface area contributed by atoms with E-state index >= 15 is 0 Å². The van der Waals surface area contributed by atoms with Crippen molar-refractivity contribution in [3.8, 4) is 0 Å². The molecule has 1 saturated heterocycles. The number of hydrogen-bond acceptors (Lipinski definition) is 4. The second-order valence-electron chi connectivity index (χ2n) is 5.49. The molecule has 1 aromatic rings. The minimum absolute atomic E-state index is 0.373. The highest BCUT2D eigenvalue weighted by Gasteiger charge is 2.20. The van der Waals surface area contributed by atoms with Crippen LogP contribution in [0.4, 0.5) is 0 Å². The molecule has 1 atom stereocenters. The lowest BCUT2D eigenvalue weighted by Gasteiger charge is -2.13. The Morgan fingerprint density at radius 3 is 2.86 bits per heavy atom. The van der Waals surface area contributed by atoms with Crippen molar-refractivity contribution >= 4 is 10.0 Å². The van der Waals surface area contributed by atoms with Gasteiger partial charge in [-0.3, -0.25) is 0 Å². The van der Waals surface area contributed by atoms with Gasteiger partial charge in [0, 0.05) is 26.3 Å². The number of rotatable bonds is 7. The smallest absolute Gasteiger partial charge is 0.240 e. The summed E-state index contributed by atoms with van der Waals surface area (Å²) in [5.41, 5.74) is 1.81. The van der Waals surface area contributed by atoms with E-state index in [2.05, 4.69) is 10.0 Å². The molecule has 0 aliphatic carbocycles. The predicted molar refractivity (Wildman–Crippen MR) is 82.7 cm³/mol. The van der Waals surface area contributed by atoms with Crippen molar-refractivity contribution in [2.75, 3.05) is 26.8 Å². The normalized spacial score (nSPS) is 19.0. The van der Waals surface area contributed by atoms with Crippen LogP contribution in [0.1, 0.15) is 24.0 Å². The van der Waals surface area contributed by atoms with Gasteiger partial charge in [-0.05, 0) is 49.9 Å². The molecule has 1 aliphatic heterocycles. The van der Waals surface area contributed by atoms with Gasteiger partial charge < -0.3 is 10.1 Å². The van der Waals surface area contributed by atoms with Crippen LogP contribution in [-0.4, -0.2) is 35.2 Å². The maximum atomic E-state index is 12.4. The highest BCUT2D eigenvalue weighted by molar-refractivity contribution is 7.89. The first kappa shape index (κ1) is 16.4. The van der Waals surface area contributed by atoms with Crippen LogP contribution >= 0.6 is 0 Å². The van der Waals surface area contributed by atoms with Crippen molar-refractivity contribution in [1.29, 1.82) is 0 Å². The third-order valence-corrected chi connectivity index (χ3v) is 5.53. The Labute approximate surface area is 127 Å². The minimum Gasteiger partial charge on any atom is -0.381 e. The highest BCUT2D eigenvalue weighted by Crippen LogP contribution is 2.20. The van der Waals surface area contributed by atoms with E-state index in [1.807, 2.05) is 20.0 Å². The fourth-order valence-electron chi connectivity index (χ4n) is 2.62. The lowest BCUT2D eigenvalue weighted by molar-refractivity contribution is 0.184. The van der Waals surface area contributed by atoms with Crippen LogP contribution in [0.3, 0.4) is 0 Å². The van der Waals surface area contributed by atoms with E-state index in [1.165, 1.54) is 0 Å². The second-order valence-corrected chi connectivity index (χ2v) is 7.22. The maximum absolute atomic E-state index is 12.4. The van der Waals surface area contributed by atoms with Gasteiger partial charge >= 0.3 is 0 Å². The molecule has 0 bridgehead atoms. The number of hydrogen-bond donors (Lipinski definition) is 2. The van der Waals surface area contributed by atoms with Gasteiger partial charge in [0.15, 0.2) is 0 Å². The number of benzene rings is 1. The molecule has 1 unspecified atom stereocenters. The van der Waals surface area contributed by atoms with Crippen LogP contribution in [0.5, 0.6) is 0 Å². The summed E-state index contributed by atoms with van der Waals surface area (Å²) in [7, 11) is -1.59. The molecule has 0 amide bonds. The van der Waals surface area contributed by atoms with E-state index in [9.17, 15) is 8.42 Å². The SMILES string of the molecule is CNCc1cccc(S(=O)(=O)NCCC2CCOC2)c1C. The fraction of sp³-hybridized carbons (Fsp3) is 0.600. The molecule has 118 valence electrons. The summed E-state index contributed by atoms with van der Waals surface area (Å²) in [6.45, 7) is 4.52. The molecule has 0 spiro atoms. The first-order chi connectivity index (χ1) is 10.0. The molecule has 6 heteroatoms. The Kier molecular flexibility index (Phi) is 5.75. The molecule has 2 rings (SSSR count). The molecule has 0 saturated carbocycles. The summed E-state index contributed by atoms with van der Waals surface area (Å²) in [5.74, 6) is 0.476. The average Bonchev–Trinajstić information content (AvgIpc) is 2.94. The van der Waals surface area contributed by atoms with Gasteiger partial charge in [0.05, 0.1) is 4.90 Å². The molecule has 1 heterocycles. The van der Waals surface area contributed by atoms with Gasteiger partial charge in [-0.2, -0.15) is 0 Å². The second kappa shape index (κ2) is 7.35. The Hall–Kier alpha value is -0.950. The van der Waals surface area contributed by atoms with E-state index in [1.54, 1.807) is 12.1 Å². The number of ether oxygens (including phenoxy) is 1. The Bertz CT molecular complexity index is 566. The van der Waals surface area contributed by atoms with Gasteiger partial charge in [-0.25, -0.2) is 13.1 Å². The van der Waals surface area contributed by atoms with Gasteiger partial charge in [0.2, 0.25) is 10.0 Å². The predicted octanol–water partition coefficient (Wildman–Crippen LogP) is 1.42. The Morgan fingerprint density at radius 1 is 1.38 bits per heavy atom. The molecule has 5 nitrogen and oxygen atoms in total. The molecule has 1 aliphatic rings. The van der Waals surface area contributed by atoms with Crippen LogP contribution in [0.25, 0.3) is 0 Å². The van der Waals surface area contributed by atoms with Gasteiger partial charge in [-0.15, -0.1) is 0 Å². The third kappa shape index (κ3) is 4.26. The zero-order chi connectivity index (χ0) is 15.3. The monoisotopic (exact) mass is 312 g/mol. The third-order valence-electron chi connectivity index (χ3n) is 3.92. The zero-order valence-corrected chi connectivity index (χ0v) is 13.5. The van der Waals surface area contributed by atoms with E-state index < -0.39 is 10.0 Å². The number of sulfonamides is 1. The van der Waals surface area contributed by atoms with E-state index in [0.29, 0.717) is 23.9 Å². The minimum atomic E-state index is -3.44. The summed E-state index contributed by atoms with van der Waals surface area (Å²) in [6, 6.07) is 5.40. The first-order valence-electron chi connectivity index (χ1n) is 7.35. The summed E-state index contributed by atoms with van der Waals surface area (Å²) >= 11 is 0. The van der Waals surface area contributed by atoms with E-state index in [-0.39, 0.29) is 0 Å². The van der Waals surface area contributed by atoms with Crippen molar-refractivity contribution in [3.05, 3.63) is 29.3 Å². The summed E-state index contributed by atoms with van der Waals surface area (Å²) < 4.78 is 32.9. The fourth-order valence-corrected chi connectivity index (χ4v) is 3.95. The van der Waals surface area contributed by atoms with Crippen molar-refractivity contribution in [1.82, 2.24) is 10.0 Å². The molecule has 1 fully saturated rings. The molecule has 2 N–H and O–H groups in total. The van der Waals surface area contributed by atoms with Crippen LogP contribution in [0, 0.1) is 12.8 Å². The molecular weight excluding hydrogens is 288 g/mol. The summed E-state index contributed by atoms with van der Waals surface area (Å²) in [5, 5.41) is 3.05. The van der Waals surface area contributed by atoms with Crippen LogP contribution in [-0.2, 0) is 21.3 Å². The Balaban J connectivity index is 2.02. The van der Waals surface area contributed by atoms with E-state index in [4.69, 9.17) is 4.74 Å². The topological polar surface area (TPSA) is 67.4 Å².